The first kappa shape index (κ1) is 30.9. The zero-order valence-electron chi connectivity index (χ0n) is 24.9. The molecule has 2 fully saturated rings. The highest BCUT2D eigenvalue weighted by molar-refractivity contribution is 7.89. The Balaban J connectivity index is 1.33. The van der Waals surface area contributed by atoms with Crippen LogP contribution in [-0.2, 0) is 16.4 Å². The van der Waals surface area contributed by atoms with Gasteiger partial charge in [0, 0.05) is 23.3 Å². The third kappa shape index (κ3) is 5.29. The van der Waals surface area contributed by atoms with Crippen LogP contribution in [0.2, 0.25) is 5.02 Å². The molecular formula is C34H31ClF2N4O4S. The predicted molar refractivity (Wildman–Crippen MR) is 168 cm³/mol. The first-order chi connectivity index (χ1) is 21.9. The normalized spacial score (nSPS) is 25.7. The van der Waals surface area contributed by atoms with Gasteiger partial charge in [0.25, 0.3) is 0 Å². The molecule has 1 N–H and O–H groups in total. The fourth-order valence-electron chi connectivity index (χ4n) is 7.42. The minimum Gasteiger partial charge on any atom is -0.390 e. The van der Waals surface area contributed by atoms with Crippen LogP contribution in [-0.4, -0.2) is 56.1 Å². The van der Waals surface area contributed by atoms with E-state index in [4.69, 9.17) is 11.6 Å². The van der Waals surface area contributed by atoms with Crippen molar-refractivity contribution >= 4 is 33.5 Å². The van der Waals surface area contributed by atoms with Gasteiger partial charge >= 0.3 is 0 Å². The molecule has 2 heterocycles. The molecule has 3 aliphatic rings. The highest BCUT2D eigenvalue weighted by atomic mass is 35.5. The summed E-state index contributed by atoms with van der Waals surface area (Å²) in [5, 5.41) is 15.6. The second-order valence-corrected chi connectivity index (χ2v) is 15.1. The van der Waals surface area contributed by atoms with Crippen LogP contribution in [0.1, 0.15) is 60.8 Å². The topological polar surface area (TPSA) is 105 Å². The lowest BCUT2D eigenvalue weighted by Gasteiger charge is -2.52. The maximum Gasteiger partial charge on any atom is 0.243 e. The minimum absolute atomic E-state index is 0.0508. The molecule has 0 radical (unpaired) electrons. The fraction of sp³-hybridized carbons (Fsp3) is 0.324. The number of hydrogen-bond donors (Lipinski definition) is 1. The highest BCUT2D eigenvalue weighted by Gasteiger charge is 2.55. The monoisotopic (exact) mass is 664 g/mol. The van der Waals surface area contributed by atoms with Crippen molar-refractivity contribution in [3.8, 4) is 5.69 Å². The lowest BCUT2D eigenvalue weighted by molar-refractivity contribution is -0.0689. The van der Waals surface area contributed by atoms with Crippen LogP contribution in [0.25, 0.3) is 11.8 Å². The Morgan fingerprint density at radius 1 is 1.02 bits per heavy atom. The van der Waals surface area contributed by atoms with E-state index in [-0.39, 0.29) is 47.9 Å². The number of benzene rings is 2. The maximum absolute atomic E-state index is 14.6. The summed E-state index contributed by atoms with van der Waals surface area (Å²) in [5.41, 5.74) is 1.04. The average Bonchev–Trinajstić information content (AvgIpc) is 3.41. The molecule has 0 amide bonds. The molecule has 12 heteroatoms. The number of fused-ring (bicyclic) bond motifs is 2. The second kappa shape index (κ2) is 11.2. The number of carbonyl (C=O) groups excluding carboxylic acids is 1. The Morgan fingerprint density at radius 2 is 1.70 bits per heavy atom. The Morgan fingerprint density at radius 3 is 2.35 bits per heavy atom. The largest absolute Gasteiger partial charge is 0.390 e. The van der Waals surface area contributed by atoms with Crippen molar-refractivity contribution in [2.75, 3.05) is 0 Å². The molecule has 0 bridgehead atoms. The molecule has 2 atom stereocenters. The number of aliphatic hydroxyl groups is 1. The Labute approximate surface area is 270 Å². The number of pyridine rings is 1. The van der Waals surface area contributed by atoms with E-state index in [1.807, 2.05) is 6.08 Å². The summed E-state index contributed by atoms with van der Waals surface area (Å²) in [4.78, 5) is 18.9. The van der Waals surface area contributed by atoms with Gasteiger partial charge < -0.3 is 5.11 Å². The number of sulfonamides is 1. The zero-order valence-corrected chi connectivity index (χ0v) is 26.5. The highest BCUT2D eigenvalue weighted by Crippen LogP contribution is 2.53. The standard InChI is InChI=1S/C34H31ClF2N4O4S/c1-33(43)17-28(18-33)41(46(44,45)29-10-5-25(37)6-11-29)27-7-2-22-14-31-21(20-39-40(31)26-8-3-24(36)4-9-26)16-34(22,19-27)32(42)30-15-23(35)12-13-38-30/h3-6,8-15,20,27-28,43H,2,7,16-19H2,1H3/t27-,28?,33?,34-/m0/s1. The summed E-state index contributed by atoms with van der Waals surface area (Å²) < 4.78 is 59.2. The van der Waals surface area contributed by atoms with Crippen LogP contribution in [0.4, 0.5) is 8.78 Å². The first-order valence-electron chi connectivity index (χ1n) is 15.1. The van der Waals surface area contributed by atoms with Gasteiger partial charge in [0.05, 0.1) is 33.5 Å². The molecule has 0 aliphatic heterocycles. The number of Topliss-reactive ketones (excluding diaryl/α,β-unsaturated/α-hetero) is 1. The summed E-state index contributed by atoms with van der Waals surface area (Å²) in [5.74, 6) is -1.19. The molecule has 3 aliphatic carbocycles. The molecule has 7 rings (SSSR count). The Bertz CT molecular complexity index is 1970. The molecule has 2 saturated carbocycles. The van der Waals surface area contributed by atoms with Crippen LogP contribution in [0.15, 0.2) is 83.5 Å². The minimum atomic E-state index is -4.14. The van der Waals surface area contributed by atoms with E-state index < -0.39 is 38.9 Å². The number of hydrogen-bond acceptors (Lipinski definition) is 6. The average molecular weight is 665 g/mol. The molecule has 0 spiro atoms. The van der Waals surface area contributed by atoms with Gasteiger partial charge in [-0.05, 0) is 118 Å². The number of carbonyl (C=O) groups is 1. The quantitative estimate of drug-likeness (QED) is 0.237. The van der Waals surface area contributed by atoms with Crippen LogP contribution in [0.5, 0.6) is 0 Å². The summed E-state index contributed by atoms with van der Waals surface area (Å²) in [6, 6.07) is 12.7. The van der Waals surface area contributed by atoms with E-state index in [0.717, 1.165) is 29.0 Å². The number of halogens is 3. The molecule has 0 unspecified atom stereocenters. The van der Waals surface area contributed by atoms with Crippen molar-refractivity contribution in [2.45, 2.75) is 68.0 Å². The van der Waals surface area contributed by atoms with E-state index in [0.29, 0.717) is 23.6 Å². The number of ketones is 1. The van der Waals surface area contributed by atoms with E-state index in [2.05, 4.69) is 10.1 Å². The van der Waals surface area contributed by atoms with E-state index in [9.17, 15) is 27.1 Å². The second-order valence-electron chi connectivity index (χ2n) is 12.8. The van der Waals surface area contributed by atoms with E-state index >= 15 is 0 Å². The fourth-order valence-corrected chi connectivity index (χ4v) is 9.41. The third-order valence-electron chi connectivity index (χ3n) is 9.56. The molecule has 238 valence electrons. The molecule has 0 saturated heterocycles. The van der Waals surface area contributed by atoms with Gasteiger partial charge in [0.1, 0.15) is 17.3 Å². The summed E-state index contributed by atoms with van der Waals surface area (Å²) >= 11 is 6.29. The predicted octanol–water partition coefficient (Wildman–Crippen LogP) is 6.16. The van der Waals surface area contributed by atoms with Crippen molar-refractivity contribution in [1.82, 2.24) is 19.1 Å². The SMILES string of the molecule is CC1(O)CC(N([C@H]2CCC3=Cc4c(cnn4-c4ccc(F)cc4)C[C@]3(C(=O)c3cc(Cl)ccn3)C2)S(=O)(=O)c2ccc(F)cc2)C1. The van der Waals surface area contributed by atoms with Crippen LogP contribution in [0.3, 0.4) is 0 Å². The van der Waals surface area contributed by atoms with Gasteiger partial charge in [0.15, 0.2) is 5.78 Å². The van der Waals surface area contributed by atoms with Gasteiger partial charge in [0.2, 0.25) is 10.0 Å². The van der Waals surface area contributed by atoms with Crippen molar-refractivity contribution < 1.29 is 27.1 Å². The molecular weight excluding hydrogens is 634 g/mol. The molecule has 46 heavy (non-hydrogen) atoms. The lowest BCUT2D eigenvalue weighted by atomic mass is 9.60. The van der Waals surface area contributed by atoms with Crippen molar-refractivity contribution in [3.05, 3.63) is 112 Å². The lowest BCUT2D eigenvalue weighted by Crippen LogP contribution is -2.60. The Kier molecular flexibility index (Phi) is 7.51. The molecule has 2 aromatic carbocycles. The maximum atomic E-state index is 14.6. The van der Waals surface area contributed by atoms with Gasteiger partial charge in [-0.3, -0.25) is 9.78 Å². The smallest absolute Gasteiger partial charge is 0.243 e. The molecule has 2 aromatic heterocycles. The van der Waals surface area contributed by atoms with Crippen molar-refractivity contribution in [1.29, 1.82) is 0 Å². The molecule has 8 nitrogen and oxygen atoms in total. The Hall–Kier alpha value is -3.77. The van der Waals surface area contributed by atoms with Crippen LogP contribution in [0, 0.1) is 17.0 Å². The van der Waals surface area contributed by atoms with E-state index in [1.165, 1.54) is 40.8 Å². The summed E-state index contributed by atoms with van der Waals surface area (Å²) in [6.07, 6.45) is 6.80. The number of rotatable bonds is 7. The summed E-state index contributed by atoms with van der Waals surface area (Å²) in [6.45, 7) is 1.67. The van der Waals surface area contributed by atoms with Gasteiger partial charge in [-0.15, -0.1) is 0 Å². The van der Waals surface area contributed by atoms with Gasteiger partial charge in [-0.25, -0.2) is 21.9 Å². The summed E-state index contributed by atoms with van der Waals surface area (Å²) in [7, 11) is -4.14. The number of allylic oxidation sites excluding steroid dienone is 1. The molecule has 4 aromatic rings. The van der Waals surface area contributed by atoms with Gasteiger partial charge in [-0.1, -0.05) is 17.2 Å². The third-order valence-corrected chi connectivity index (χ3v) is 11.8. The first-order valence-corrected chi connectivity index (χ1v) is 16.9. The van der Waals surface area contributed by atoms with Crippen molar-refractivity contribution in [2.24, 2.45) is 5.41 Å². The van der Waals surface area contributed by atoms with Gasteiger partial charge in [-0.2, -0.15) is 9.40 Å². The zero-order chi connectivity index (χ0) is 32.4. The van der Waals surface area contributed by atoms with Crippen molar-refractivity contribution in [3.63, 3.8) is 0 Å². The number of aromatic nitrogens is 3. The van der Waals surface area contributed by atoms with E-state index in [1.54, 1.807) is 36.0 Å². The number of nitrogens with zero attached hydrogens (tertiary/aromatic N) is 4. The van der Waals surface area contributed by atoms with Crippen LogP contribution >= 0.6 is 11.6 Å². The van der Waals surface area contributed by atoms with Crippen LogP contribution < -0.4 is 0 Å².